The number of hydrogen-bond acceptors (Lipinski definition) is 6. The number of methoxy groups -OCH3 is 2. The molecule has 1 aliphatic rings. The lowest BCUT2D eigenvalue weighted by atomic mass is 9.95. The molecule has 0 unspecified atom stereocenters. The summed E-state index contributed by atoms with van der Waals surface area (Å²) in [5.74, 6) is 1.20. The van der Waals surface area contributed by atoms with Crippen molar-refractivity contribution in [3.05, 3.63) is 52.5 Å². The molecule has 1 atom stereocenters. The van der Waals surface area contributed by atoms with Crippen LogP contribution in [0.2, 0.25) is 5.02 Å². The Balaban J connectivity index is 1.78. The number of sulfone groups is 1. The zero-order valence-electron chi connectivity index (χ0n) is 15.2. The summed E-state index contributed by atoms with van der Waals surface area (Å²) < 4.78 is 35.9. The molecule has 0 fully saturated rings. The van der Waals surface area contributed by atoms with E-state index in [9.17, 15) is 13.5 Å². The van der Waals surface area contributed by atoms with Gasteiger partial charge in [-0.1, -0.05) is 11.6 Å². The van der Waals surface area contributed by atoms with Crippen LogP contribution in [0.25, 0.3) is 0 Å². The fourth-order valence-corrected chi connectivity index (χ4v) is 4.74. The van der Waals surface area contributed by atoms with Crippen LogP contribution in [0.1, 0.15) is 17.2 Å². The van der Waals surface area contributed by atoms with Gasteiger partial charge in [0.05, 0.1) is 31.0 Å². The van der Waals surface area contributed by atoms with Gasteiger partial charge in [0.25, 0.3) is 0 Å². The molecule has 0 saturated carbocycles. The van der Waals surface area contributed by atoms with Crippen LogP contribution in [0.4, 0.5) is 0 Å². The van der Waals surface area contributed by atoms with Gasteiger partial charge in [0.15, 0.2) is 9.84 Å². The summed E-state index contributed by atoms with van der Waals surface area (Å²) in [4.78, 5) is 2.15. The van der Waals surface area contributed by atoms with Crippen LogP contribution in [-0.2, 0) is 16.4 Å². The van der Waals surface area contributed by atoms with E-state index < -0.39 is 15.9 Å². The molecule has 0 radical (unpaired) electrons. The molecule has 0 aliphatic carbocycles. The Labute approximate surface area is 164 Å². The van der Waals surface area contributed by atoms with Crippen LogP contribution in [-0.4, -0.2) is 51.5 Å². The molecule has 2 aromatic rings. The molecule has 146 valence electrons. The topological polar surface area (TPSA) is 76.1 Å². The first-order valence-corrected chi connectivity index (χ1v) is 10.5. The monoisotopic (exact) mass is 411 g/mol. The lowest BCUT2D eigenvalue weighted by Crippen LogP contribution is -2.37. The van der Waals surface area contributed by atoms with Crippen molar-refractivity contribution in [2.24, 2.45) is 0 Å². The molecule has 6 nitrogen and oxygen atoms in total. The second kappa shape index (κ2) is 8.06. The maximum absolute atomic E-state index is 12.6. The highest BCUT2D eigenvalue weighted by atomic mass is 35.5. The predicted octanol–water partition coefficient (Wildman–Crippen LogP) is 2.68. The first-order chi connectivity index (χ1) is 12.9. The minimum atomic E-state index is -3.44. The van der Waals surface area contributed by atoms with Crippen molar-refractivity contribution in [2.45, 2.75) is 17.5 Å². The van der Waals surface area contributed by atoms with Gasteiger partial charge in [-0.3, -0.25) is 4.90 Å². The van der Waals surface area contributed by atoms with E-state index in [1.54, 1.807) is 38.5 Å². The van der Waals surface area contributed by atoms with Crippen molar-refractivity contribution < 1.29 is 23.0 Å². The zero-order valence-corrected chi connectivity index (χ0v) is 16.8. The number of β-amino-alcohol motifs (C(OH)–C–C–N with tert-alkyl or cyclic N) is 1. The molecule has 27 heavy (non-hydrogen) atoms. The first-order valence-electron chi connectivity index (χ1n) is 8.48. The summed E-state index contributed by atoms with van der Waals surface area (Å²) in [6.45, 7) is 1.09. The van der Waals surface area contributed by atoms with E-state index in [-0.39, 0.29) is 10.6 Å². The fourth-order valence-electron chi connectivity index (χ4n) is 3.32. The summed E-state index contributed by atoms with van der Waals surface area (Å²) in [5.41, 5.74) is 1.52. The number of ether oxygens (including phenoxy) is 2. The Morgan fingerprint density at radius 1 is 1.11 bits per heavy atom. The van der Waals surface area contributed by atoms with E-state index in [1.165, 1.54) is 12.1 Å². The van der Waals surface area contributed by atoms with E-state index in [4.69, 9.17) is 21.1 Å². The summed E-state index contributed by atoms with van der Waals surface area (Å²) in [5, 5.41) is 11.1. The van der Waals surface area contributed by atoms with E-state index in [2.05, 4.69) is 0 Å². The molecular weight excluding hydrogens is 390 g/mol. The molecule has 8 heteroatoms. The Morgan fingerprint density at radius 2 is 1.74 bits per heavy atom. The third-order valence-electron chi connectivity index (χ3n) is 4.71. The lowest BCUT2D eigenvalue weighted by Gasteiger charge is -2.33. The highest BCUT2D eigenvalue weighted by Gasteiger charge is 2.30. The smallest absolute Gasteiger partial charge is 0.179 e. The second-order valence-electron chi connectivity index (χ2n) is 6.39. The van der Waals surface area contributed by atoms with Crippen LogP contribution in [0.15, 0.2) is 41.3 Å². The van der Waals surface area contributed by atoms with Gasteiger partial charge < -0.3 is 14.6 Å². The molecular formula is C19H22ClNO5S. The van der Waals surface area contributed by atoms with E-state index in [0.29, 0.717) is 41.7 Å². The maximum atomic E-state index is 12.6. The number of hydrogen-bond donors (Lipinski definition) is 1. The molecule has 2 aromatic carbocycles. The number of nitrogens with zero attached hydrogens (tertiary/aromatic N) is 1. The van der Waals surface area contributed by atoms with Gasteiger partial charge in [0.1, 0.15) is 11.5 Å². The minimum absolute atomic E-state index is 0.0526. The van der Waals surface area contributed by atoms with Crippen molar-refractivity contribution in [3.63, 3.8) is 0 Å². The average molecular weight is 412 g/mol. The Morgan fingerprint density at radius 3 is 2.37 bits per heavy atom. The lowest BCUT2D eigenvalue weighted by molar-refractivity contribution is 0.0920. The quantitative estimate of drug-likeness (QED) is 0.787. The van der Waals surface area contributed by atoms with Gasteiger partial charge in [-0.05, 0) is 36.4 Å². The van der Waals surface area contributed by atoms with Crippen molar-refractivity contribution in [1.82, 2.24) is 4.90 Å². The van der Waals surface area contributed by atoms with Gasteiger partial charge in [-0.2, -0.15) is 0 Å². The molecule has 0 spiro atoms. The first kappa shape index (κ1) is 19.9. The van der Waals surface area contributed by atoms with Crippen LogP contribution in [0.5, 0.6) is 11.5 Å². The molecule has 0 bridgehead atoms. The average Bonchev–Trinajstić information content (AvgIpc) is 2.66. The normalized spacial score (nSPS) is 17.4. The van der Waals surface area contributed by atoms with Crippen LogP contribution in [0.3, 0.4) is 0 Å². The standard InChI is InChI=1S/C19H22ClNO5S/c1-25-17-7-8-18(26-2)19-15(17)11-21(12-16(19)22)9-10-27(23,24)14-5-3-13(20)4-6-14/h3-8,16,22H,9-12H2,1-2H3/t16-/m1/s1. The van der Waals surface area contributed by atoms with Gasteiger partial charge in [-0.15, -0.1) is 0 Å². The number of rotatable bonds is 6. The number of benzene rings is 2. The maximum Gasteiger partial charge on any atom is 0.179 e. The van der Waals surface area contributed by atoms with Crippen molar-refractivity contribution in [3.8, 4) is 11.5 Å². The number of aliphatic hydroxyl groups is 1. The second-order valence-corrected chi connectivity index (χ2v) is 8.93. The minimum Gasteiger partial charge on any atom is -0.496 e. The van der Waals surface area contributed by atoms with Crippen molar-refractivity contribution in [1.29, 1.82) is 0 Å². The predicted molar refractivity (Wildman–Crippen MR) is 103 cm³/mol. The number of halogens is 1. The van der Waals surface area contributed by atoms with Crippen molar-refractivity contribution in [2.75, 3.05) is 33.1 Å². The highest BCUT2D eigenvalue weighted by Crippen LogP contribution is 2.39. The largest absolute Gasteiger partial charge is 0.496 e. The fraction of sp³-hybridized carbons (Fsp3) is 0.368. The van der Waals surface area contributed by atoms with Crippen LogP contribution < -0.4 is 9.47 Å². The Bertz CT molecular complexity index is 914. The van der Waals surface area contributed by atoms with Crippen molar-refractivity contribution >= 4 is 21.4 Å². The van der Waals surface area contributed by atoms with E-state index in [1.807, 2.05) is 4.90 Å². The zero-order chi connectivity index (χ0) is 19.6. The van der Waals surface area contributed by atoms with Gasteiger partial charge in [0.2, 0.25) is 0 Å². The van der Waals surface area contributed by atoms with Crippen LogP contribution in [0, 0.1) is 0 Å². The Kier molecular flexibility index (Phi) is 5.95. The summed E-state index contributed by atoms with van der Waals surface area (Å²) in [6.07, 6.45) is -0.781. The molecule has 1 aliphatic heterocycles. The number of fused-ring (bicyclic) bond motifs is 1. The van der Waals surface area contributed by atoms with E-state index in [0.717, 1.165) is 5.56 Å². The van der Waals surface area contributed by atoms with Gasteiger partial charge >= 0.3 is 0 Å². The highest BCUT2D eigenvalue weighted by molar-refractivity contribution is 7.91. The number of aliphatic hydroxyl groups excluding tert-OH is 1. The Hall–Kier alpha value is -1.80. The molecule has 0 aromatic heterocycles. The van der Waals surface area contributed by atoms with Crippen LogP contribution >= 0.6 is 11.6 Å². The molecule has 1 heterocycles. The van der Waals surface area contributed by atoms with E-state index >= 15 is 0 Å². The third-order valence-corrected chi connectivity index (χ3v) is 6.67. The molecule has 1 N–H and O–H groups in total. The van der Waals surface area contributed by atoms with Gasteiger partial charge in [0, 0.05) is 35.8 Å². The molecule has 3 rings (SSSR count). The summed E-state index contributed by atoms with van der Waals surface area (Å²) >= 11 is 5.82. The molecule has 0 saturated heterocycles. The molecule has 0 amide bonds. The summed E-state index contributed by atoms with van der Waals surface area (Å²) in [7, 11) is -0.314. The third kappa shape index (κ3) is 4.21. The van der Waals surface area contributed by atoms with Gasteiger partial charge in [-0.25, -0.2) is 8.42 Å². The summed E-state index contributed by atoms with van der Waals surface area (Å²) in [6, 6.07) is 9.69. The SMILES string of the molecule is COc1ccc(OC)c2c1CN(CCS(=O)(=O)c1ccc(Cl)cc1)C[C@H]2O.